The zero-order valence-corrected chi connectivity index (χ0v) is 17.4. The molecule has 0 spiro atoms. The minimum absolute atomic E-state index is 0.0669. The molecule has 6 nitrogen and oxygen atoms in total. The number of aromatic nitrogens is 4. The summed E-state index contributed by atoms with van der Waals surface area (Å²) >= 11 is 0. The Balaban J connectivity index is 1.51. The fourth-order valence-corrected chi connectivity index (χ4v) is 3.69. The van der Waals surface area contributed by atoms with Crippen molar-refractivity contribution in [3.63, 3.8) is 0 Å². The van der Waals surface area contributed by atoms with Gasteiger partial charge in [-0.1, -0.05) is 30.3 Å². The molecule has 4 heterocycles. The summed E-state index contributed by atoms with van der Waals surface area (Å²) in [6, 6.07) is 15.3. The van der Waals surface area contributed by atoms with Gasteiger partial charge in [0.1, 0.15) is 11.7 Å². The lowest BCUT2D eigenvalue weighted by molar-refractivity contribution is -0.149. The van der Waals surface area contributed by atoms with E-state index < -0.39 is 18.1 Å². The molecule has 0 aliphatic carbocycles. The highest BCUT2D eigenvalue weighted by molar-refractivity contribution is 6.02. The number of halogens is 3. The minimum Gasteiger partial charge on any atom is -0.345 e. The van der Waals surface area contributed by atoms with Crippen LogP contribution in [0.2, 0.25) is 0 Å². The SMILES string of the molecule is C[C@@H](NC(=O)c1cnn2ccc(-c3c[nH]c4nc(-c5ccccc5)ccc34)cc12)C(F)(F)F. The predicted molar refractivity (Wildman–Crippen MR) is 119 cm³/mol. The number of hydrogen-bond donors (Lipinski definition) is 2. The zero-order valence-electron chi connectivity index (χ0n) is 17.4. The third-order valence-corrected chi connectivity index (χ3v) is 5.52. The highest BCUT2D eigenvalue weighted by atomic mass is 19.4. The van der Waals surface area contributed by atoms with Crippen molar-refractivity contribution in [2.75, 3.05) is 0 Å². The first-order valence-corrected chi connectivity index (χ1v) is 10.2. The van der Waals surface area contributed by atoms with E-state index in [0.29, 0.717) is 11.2 Å². The average Bonchev–Trinajstić information content (AvgIpc) is 3.42. The number of nitrogens with zero attached hydrogens (tertiary/aromatic N) is 3. The first kappa shape index (κ1) is 20.7. The number of alkyl halides is 3. The molecular formula is C24H18F3N5O. The van der Waals surface area contributed by atoms with Crippen molar-refractivity contribution in [2.45, 2.75) is 19.1 Å². The number of fused-ring (bicyclic) bond motifs is 2. The number of nitrogens with one attached hydrogen (secondary N) is 2. The maximum Gasteiger partial charge on any atom is 0.408 e. The van der Waals surface area contributed by atoms with Crippen LogP contribution in [0, 0.1) is 0 Å². The number of pyridine rings is 2. The number of aromatic amines is 1. The van der Waals surface area contributed by atoms with Gasteiger partial charge in [0.05, 0.1) is 23.0 Å². The zero-order chi connectivity index (χ0) is 23.2. The molecule has 0 aliphatic heterocycles. The Hall–Kier alpha value is -4.14. The Morgan fingerprint density at radius 1 is 1.09 bits per heavy atom. The van der Waals surface area contributed by atoms with Gasteiger partial charge in [-0.2, -0.15) is 18.3 Å². The van der Waals surface area contributed by atoms with Gasteiger partial charge in [0.15, 0.2) is 0 Å². The Kier molecular flexibility index (Phi) is 4.88. The molecule has 33 heavy (non-hydrogen) atoms. The summed E-state index contributed by atoms with van der Waals surface area (Å²) in [5.41, 5.74) is 4.65. The fourth-order valence-electron chi connectivity index (χ4n) is 3.69. The minimum atomic E-state index is -4.53. The van der Waals surface area contributed by atoms with Crippen LogP contribution < -0.4 is 5.32 Å². The second-order valence-electron chi connectivity index (χ2n) is 7.70. The number of rotatable bonds is 4. The smallest absolute Gasteiger partial charge is 0.345 e. The van der Waals surface area contributed by atoms with E-state index in [0.717, 1.165) is 34.7 Å². The van der Waals surface area contributed by atoms with Crippen LogP contribution >= 0.6 is 0 Å². The Morgan fingerprint density at radius 3 is 2.64 bits per heavy atom. The molecular weight excluding hydrogens is 431 g/mol. The summed E-state index contributed by atoms with van der Waals surface area (Å²) in [6.45, 7) is 0.900. The number of amides is 1. The topological polar surface area (TPSA) is 75.1 Å². The number of carbonyl (C=O) groups is 1. The van der Waals surface area contributed by atoms with E-state index in [9.17, 15) is 18.0 Å². The molecule has 1 amide bonds. The molecule has 2 N–H and O–H groups in total. The molecule has 0 radical (unpaired) electrons. The van der Waals surface area contributed by atoms with E-state index in [1.165, 1.54) is 10.7 Å². The highest BCUT2D eigenvalue weighted by Crippen LogP contribution is 2.31. The number of H-pyrrole nitrogens is 1. The highest BCUT2D eigenvalue weighted by Gasteiger charge is 2.37. The largest absolute Gasteiger partial charge is 0.408 e. The molecule has 0 aliphatic rings. The van der Waals surface area contributed by atoms with Crippen molar-refractivity contribution < 1.29 is 18.0 Å². The van der Waals surface area contributed by atoms with Gasteiger partial charge in [-0.3, -0.25) is 4.79 Å². The van der Waals surface area contributed by atoms with E-state index in [1.807, 2.05) is 60.0 Å². The van der Waals surface area contributed by atoms with Crippen LogP contribution in [0.4, 0.5) is 13.2 Å². The van der Waals surface area contributed by atoms with Crippen molar-refractivity contribution in [1.29, 1.82) is 0 Å². The van der Waals surface area contributed by atoms with Gasteiger partial charge in [-0.25, -0.2) is 9.50 Å². The molecule has 0 saturated heterocycles. The van der Waals surface area contributed by atoms with Crippen molar-refractivity contribution in [2.24, 2.45) is 0 Å². The summed E-state index contributed by atoms with van der Waals surface area (Å²) in [6.07, 6.45) is 0.221. The second-order valence-corrected chi connectivity index (χ2v) is 7.70. The molecule has 1 atom stereocenters. The van der Waals surface area contributed by atoms with Crippen molar-refractivity contribution >= 4 is 22.5 Å². The van der Waals surface area contributed by atoms with Gasteiger partial charge in [0, 0.05) is 28.9 Å². The maximum atomic E-state index is 12.9. The van der Waals surface area contributed by atoms with Crippen molar-refractivity contribution in [3.05, 3.63) is 78.8 Å². The number of carbonyl (C=O) groups excluding carboxylic acids is 1. The Morgan fingerprint density at radius 2 is 1.88 bits per heavy atom. The van der Waals surface area contributed by atoms with Crippen molar-refractivity contribution in [1.82, 2.24) is 24.9 Å². The quantitative estimate of drug-likeness (QED) is 0.395. The van der Waals surface area contributed by atoms with Gasteiger partial charge >= 0.3 is 6.18 Å². The average molecular weight is 449 g/mol. The summed E-state index contributed by atoms with van der Waals surface area (Å²) in [7, 11) is 0. The van der Waals surface area contributed by atoms with Crippen LogP contribution in [-0.2, 0) is 0 Å². The maximum absolute atomic E-state index is 12.9. The predicted octanol–water partition coefficient (Wildman–Crippen LogP) is 5.23. The van der Waals surface area contributed by atoms with Crippen LogP contribution in [0.5, 0.6) is 0 Å². The lowest BCUT2D eigenvalue weighted by atomic mass is 10.0. The van der Waals surface area contributed by atoms with Crippen LogP contribution in [0.25, 0.3) is 38.9 Å². The van der Waals surface area contributed by atoms with Crippen LogP contribution in [-0.4, -0.2) is 37.7 Å². The fraction of sp³-hybridized carbons (Fsp3) is 0.125. The van der Waals surface area contributed by atoms with E-state index in [4.69, 9.17) is 4.98 Å². The molecule has 0 bridgehead atoms. The third kappa shape index (κ3) is 3.82. The van der Waals surface area contributed by atoms with Gasteiger partial charge in [0.2, 0.25) is 0 Å². The van der Waals surface area contributed by atoms with Crippen LogP contribution in [0.3, 0.4) is 0 Å². The van der Waals surface area contributed by atoms with Gasteiger partial charge < -0.3 is 10.3 Å². The molecule has 166 valence electrons. The molecule has 4 aromatic heterocycles. The first-order valence-electron chi connectivity index (χ1n) is 10.2. The van der Waals surface area contributed by atoms with E-state index in [1.54, 1.807) is 12.3 Å². The normalized spacial score (nSPS) is 12.8. The summed E-state index contributed by atoms with van der Waals surface area (Å²) in [5, 5.41) is 6.96. The third-order valence-electron chi connectivity index (χ3n) is 5.52. The van der Waals surface area contributed by atoms with E-state index >= 15 is 0 Å². The summed E-state index contributed by atoms with van der Waals surface area (Å²) < 4.78 is 40.0. The molecule has 0 fully saturated rings. The lowest BCUT2D eigenvalue weighted by Crippen LogP contribution is -2.43. The van der Waals surface area contributed by atoms with E-state index in [2.05, 4.69) is 10.1 Å². The Labute approximate surface area is 186 Å². The van der Waals surface area contributed by atoms with E-state index in [-0.39, 0.29) is 5.56 Å². The Bertz CT molecular complexity index is 1470. The molecule has 1 aromatic carbocycles. The molecule has 5 rings (SSSR count). The molecule has 9 heteroatoms. The summed E-state index contributed by atoms with van der Waals surface area (Å²) in [5.74, 6) is -0.833. The monoisotopic (exact) mass is 449 g/mol. The molecule has 0 saturated carbocycles. The van der Waals surface area contributed by atoms with Crippen LogP contribution in [0.1, 0.15) is 17.3 Å². The standard InChI is InChI=1S/C24H18F3N5O/c1-14(24(25,26)27)30-23(33)19-13-29-32-10-9-16(11-21(19)32)18-12-28-22-17(18)7-8-20(31-22)15-5-3-2-4-6-15/h2-14H,1H3,(H,28,31)(H,30,33)/t14-/m1/s1. The van der Waals surface area contributed by atoms with Crippen LogP contribution in [0.15, 0.2) is 73.2 Å². The molecule has 5 aromatic rings. The van der Waals surface area contributed by atoms with Crippen molar-refractivity contribution in [3.8, 4) is 22.4 Å². The lowest BCUT2D eigenvalue weighted by Gasteiger charge is -2.16. The molecule has 0 unspecified atom stereocenters. The summed E-state index contributed by atoms with van der Waals surface area (Å²) in [4.78, 5) is 20.4. The van der Waals surface area contributed by atoms with Gasteiger partial charge in [-0.15, -0.1) is 0 Å². The second kappa shape index (κ2) is 7.77. The first-order chi connectivity index (χ1) is 15.8. The number of hydrogen-bond acceptors (Lipinski definition) is 3. The number of benzene rings is 1. The van der Waals surface area contributed by atoms with Gasteiger partial charge in [0.25, 0.3) is 5.91 Å². The van der Waals surface area contributed by atoms with Gasteiger partial charge in [-0.05, 0) is 36.8 Å².